The van der Waals surface area contributed by atoms with Gasteiger partial charge in [-0.15, -0.1) is 0 Å². The molecule has 0 bridgehead atoms. The van der Waals surface area contributed by atoms with Gasteiger partial charge in [-0.3, -0.25) is 0 Å². The number of likely N-dealkylation sites (tertiary alicyclic amines) is 1. The number of nitrogens with zero attached hydrogens (tertiary/aromatic N) is 1. The van der Waals surface area contributed by atoms with Crippen molar-refractivity contribution in [2.24, 2.45) is 5.92 Å². The van der Waals surface area contributed by atoms with Crippen LogP contribution in [0.5, 0.6) is 0 Å². The van der Waals surface area contributed by atoms with E-state index in [-0.39, 0.29) is 6.10 Å². The molecular formula is C16H28N2OS. The Morgan fingerprint density at radius 2 is 2.20 bits per heavy atom. The number of aliphatic hydroxyl groups excluding tert-OH is 1. The second-order valence-electron chi connectivity index (χ2n) is 6.28. The van der Waals surface area contributed by atoms with Gasteiger partial charge in [-0.05, 0) is 67.6 Å². The fraction of sp³-hybridized carbons (Fsp3) is 0.750. The molecular weight excluding hydrogens is 268 g/mol. The lowest BCUT2D eigenvalue weighted by Crippen LogP contribution is -2.43. The summed E-state index contributed by atoms with van der Waals surface area (Å²) in [5, 5.41) is 17.9. The fourth-order valence-electron chi connectivity index (χ4n) is 2.78. The molecule has 2 rings (SSSR count). The normalized spacial score (nSPS) is 20.9. The Morgan fingerprint density at radius 3 is 2.85 bits per heavy atom. The number of nitrogens with one attached hydrogen (secondary N) is 1. The molecule has 2 heterocycles. The molecule has 1 fully saturated rings. The van der Waals surface area contributed by atoms with Crippen molar-refractivity contribution in [3.63, 3.8) is 0 Å². The molecule has 2 N–H and O–H groups in total. The van der Waals surface area contributed by atoms with Crippen molar-refractivity contribution in [2.45, 2.75) is 45.3 Å². The fourth-order valence-corrected chi connectivity index (χ4v) is 3.46. The van der Waals surface area contributed by atoms with E-state index in [4.69, 9.17) is 0 Å². The molecule has 2 unspecified atom stereocenters. The first-order chi connectivity index (χ1) is 9.63. The van der Waals surface area contributed by atoms with E-state index in [0.29, 0.717) is 12.6 Å². The molecule has 2 atom stereocenters. The first-order valence-electron chi connectivity index (χ1n) is 7.78. The summed E-state index contributed by atoms with van der Waals surface area (Å²) >= 11 is 1.75. The van der Waals surface area contributed by atoms with Crippen LogP contribution in [0.1, 0.15) is 32.3 Å². The predicted molar refractivity (Wildman–Crippen MR) is 86.3 cm³/mol. The highest BCUT2D eigenvalue weighted by Crippen LogP contribution is 2.15. The van der Waals surface area contributed by atoms with Gasteiger partial charge in [0.1, 0.15) is 0 Å². The Bertz CT molecular complexity index is 361. The number of hydrogen-bond donors (Lipinski definition) is 2. The van der Waals surface area contributed by atoms with Crippen molar-refractivity contribution in [2.75, 3.05) is 26.2 Å². The van der Waals surface area contributed by atoms with E-state index in [9.17, 15) is 5.11 Å². The van der Waals surface area contributed by atoms with Crippen LogP contribution in [0, 0.1) is 5.92 Å². The largest absolute Gasteiger partial charge is 0.390 e. The summed E-state index contributed by atoms with van der Waals surface area (Å²) in [7, 11) is 0. The first kappa shape index (κ1) is 16.0. The summed E-state index contributed by atoms with van der Waals surface area (Å²) in [6.07, 6.45) is 3.33. The van der Waals surface area contributed by atoms with E-state index in [1.165, 1.54) is 18.4 Å². The molecule has 0 radical (unpaired) electrons. The first-order valence-corrected chi connectivity index (χ1v) is 8.72. The maximum absolute atomic E-state index is 10.1. The van der Waals surface area contributed by atoms with E-state index < -0.39 is 0 Å². The van der Waals surface area contributed by atoms with Crippen LogP contribution in [0.4, 0.5) is 0 Å². The molecule has 3 nitrogen and oxygen atoms in total. The molecule has 114 valence electrons. The summed E-state index contributed by atoms with van der Waals surface area (Å²) in [5.41, 5.74) is 1.38. The van der Waals surface area contributed by atoms with Crippen molar-refractivity contribution in [1.82, 2.24) is 10.2 Å². The Labute approximate surface area is 127 Å². The van der Waals surface area contributed by atoms with Crippen LogP contribution in [0.3, 0.4) is 0 Å². The number of aliphatic hydroxyl groups is 1. The molecule has 0 amide bonds. The highest BCUT2D eigenvalue weighted by molar-refractivity contribution is 7.07. The van der Waals surface area contributed by atoms with Gasteiger partial charge < -0.3 is 15.3 Å². The van der Waals surface area contributed by atoms with Crippen molar-refractivity contribution in [3.05, 3.63) is 22.4 Å². The standard InChI is InChI=1S/C16H28N2OS/c1-13-3-6-18(7-4-13)11-16(19)10-17-14(2)9-15-5-8-20-12-15/h5,8,12-14,16-17,19H,3-4,6-7,9-11H2,1-2H3. The SMILES string of the molecule is CC1CCN(CC(O)CNC(C)Cc2ccsc2)CC1. The molecule has 1 aromatic rings. The lowest BCUT2D eigenvalue weighted by molar-refractivity contribution is 0.0892. The van der Waals surface area contributed by atoms with Crippen molar-refractivity contribution in [3.8, 4) is 0 Å². The van der Waals surface area contributed by atoms with Gasteiger partial charge in [-0.1, -0.05) is 6.92 Å². The molecule has 20 heavy (non-hydrogen) atoms. The molecule has 1 saturated heterocycles. The molecule has 0 aliphatic carbocycles. The van der Waals surface area contributed by atoms with Gasteiger partial charge in [-0.25, -0.2) is 0 Å². The maximum atomic E-state index is 10.1. The summed E-state index contributed by atoms with van der Waals surface area (Å²) in [6.45, 7) is 8.29. The zero-order valence-corrected chi connectivity index (χ0v) is 13.5. The molecule has 1 aliphatic heterocycles. The molecule has 1 aromatic heterocycles. The Hall–Kier alpha value is -0.420. The quantitative estimate of drug-likeness (QED) is 0.811. The summed E-state index contributed by atoms with van der Waals surface area (Å²) < 4.78 is 0. The Morgan fingerprint density at radius 1 is 1.45 bits per heavy atom. The van der Waals surface area contributed by atoms with Gasteiger partial charge in [0, 0.05) is 19.1 Å². The van der Waals surface area contributed by atoms with E-state index in [0.717, 1.165) is 32.0 Å². The van der Waals surface area contributed by atoms with Crippen molar-refractivity contribution >= 4 is 11.3 Å². The predicted octanol–water partition coefficient (Wildman–Crippen LogP) is 2.36. The van der Waals surface area contributed by atoms with Crippen LogP contribution in [0.2, 0.25) is 0 Å². The minimum atomic E-state index is -0.256. The van der Waals surface area contributed by atoms with Crippen LogP contribution in [-0.2, 0) is 6.42 Å². The zero-order chi connectivity index (χ0) is 14.4. The molecule has 0 spiro atoms. The molecule has 0 saturated carbocycles. The molecule has 4 heteroatoms. The Kier molecular flexibility index (Phi) is 6.49. The second-order valence-corrected chi connectivity index (χ2v) is 7.06. The van der Waals surface area contributed by atoms with Crippen LogP contribution in [0.25, 0.3) is 0 Å². The molecule has 1 aliphatic rings. The van der Waals surface area contributed by atoms with Crippen LogP contribution < -0.4 is 5.32 Å². The third-order valence-corrected chi connectivity index (χ3v) is 4.90. The van der Waals surface area contributed by atoms with Gasteiger partial charge >= 0.3 is 0 Å². The summed E-state index contributed by atoms with van der Waals surface area (Å²) in [6, 6.07) is 2.59. The topological polar surface area (TPSA) is 35.5 Å². The third-order valence-electron chi connectivity index (χ3n) is 4.17. The minimum absolute atomic E-state index is 0.256. The van der Waals surface area contributed by atoms with E-state index in [1.807, 2.05) is 0 Å². The monoisotopic (exact) mass is 296 g/mol. The van der Waals surface area contributed by atoms with Gasteiger partial charge in [0.05, 0.1) is 6.10 Å². The smallest absolute Gasteiger partial charge is 0.0791 e. The van der Waals surface area contributed by atoms with Crippen molar-refractivity contribution in [1.29, 1.82) is 0 Å². The average Bonchev–Trinajstić information content (AvgIpc) is 2.92. The highest BCUT2D eigenvalue weighted by atomic mass is 32.1. The number of piperidine rings is 1. The van der Waals surface area contributed by atoms with Gasteiger partial charge in [-0.2, -0.15) is 11.3 Å². The van der Waals surface area contributed by atoms with Gasteiger partial charge in [0.25, 0.3) is 0 Å². The van der Waals surface area contributed by atoms with E-state index in [2.05, 4.69) is 40.9 Å². The van der Waals surface area contributed by atoms with Crippen LogP contribution >= 0.6 is 11.3 Å². The number of hydrogen-bond acceptors (Lipinski definition) is 4. The average molecular weight is 296 g/mol. The van der Waals surface area contributed by atoms with Gasteiger partial charge in [0.15, 0.2) is 0 Å². The number of thiophene rings is 1. The number of rotatable bonds is 7. The zero-order valence-electron chi connectivity index (χ0n) is 12.7. The summed E-state index contributed by atoms with van der Waals surface area (Å²) in [4.78, 5) is 2.40. The highest BCUT2D eigenvalue weighted by Gasteiger charge is 2.18. The molecule has 0 aromatic carbocycles. The lowest BCUT2D eigenvalue weighted by Gasteiger charge is -2.32. The third kappa shape index (κ3) is 5.52. The number of β-amino-alcohol motifs (C(OH)–C–C–N with tert-alkyl or cyclic N) is 1. The Balaban J connectivity index is 1.60. The maximum Gasteiger partial charge on any atom is 0.0791 e. The van der Waals surface area contributed by atoms with Crippen molar-refractivity contribution < 1.29 is 5.11 Å². The minimum Gasteiger partial charge on any atom is -0.390 e. The second kappa shape index (κ2) is 8.13. The van der Waals surface area contributed by atoms with Crippen LogP contribution in [-0.4, -0.2) is 48.3 Å². The van der Waals surface area contributed by atoms with E-state index >= 15 is 0 Å². The van der Waals surface area contributed by atoms with E-state index in [1.54, 1.807) is 11.3 Å². The lowest BCUT2D eigenvalue weighted by atomic mass is 9.99. The van der Waals surface area contributed by atoms with Gasteiger partial charge in [0.2, 0.25) is 0 Å². The van der Waals surface area contributed by atoms with Crippen LogP contribution in [0.15, 0.2) is 16.8 Å². The summed E-state index contributed by atoms with van der Waals surface area (Å²) in [5.74, 6) is 0.854.